The molecule has 2 rings (SSSR count). The number of carbonyl (C=O) groups excluding carboxylic acids is 2. The smallest absolute Gasteiger partial charge is 0.425 e. The fraction of sp³-hybridized carbons (Fsp3) is 0.579. The van der Waals surface area contributed by atoms with E-state index in [1.165, 1.54) is 11.1 Å². The fourth-order valence-electron chi connectivity index (χ4n) is 3.40. The molecule has 0 unspecified atom stereocenters. The van der Waals surface area contributed by atoms with Crippen molar-refractivity contribution < 1.29 is 14.3 Å². The van der Waals surface area contributed by atoms with Crippen LogP contribution in [0.5, 0.6) is 0 Å². The van der Waals surface area contributed by atoms with E-state index >= 15 is 0 Å². The SMILES string of the molecule is Cc1ccccc1C1CCN(N(C(=O)OCC=O)C(C)(C)C)CC1. The second kappa shape index (κ2) is 7.79. The molecule has 0 aliphatic carbocycles. The van der Waals surface area contributed by atoms with Gasteiger partial charge in [-0.3, -0.25) is 4.79 Å². The molecule has 0 bridgehead atoms. The van der Waals surface area contributed by atoms with E-state index in [-0.39, 0.29) is 6.61 Å². The summed E-state index contributed by atoms with van der Waals surface area (Å²) in [6.07, 6.45) is 2.14. The van der Waals surface area contributed by atoms with Gasteiger partial charge in [0.25, 0.3) is 0 Å². The zero-order chi connectivity index (χ0) is 17.7. The minimum absolute atomic E-state index is 0.203. The summed E-state index contributed by atoms with van der Waals surface area (Å²) < 4.78 is 5.04. The number of hydrazine groups is 1. The third kappa shape index (κ3) is 4.35. The monoisotopic (exact) mass is 332 g/mol. The summed E-state index contributed by atoms with van der Waals surface area (Å²) in [7, 11) is 0. The highest BCUT2D eigenvalue weighted by atomic mass is 16.6. The molecule has 1 aromatic rings. The number of amides is 1. The molecule has 1 saturated heterocycles. The molecule has 1 heterocycles. The topological polar surface area (TPSA) is 49.9 Å². The Labute approximate surface area is 144 Å². The lowest BCUT2D eigenvalue weighted by Crippen LogP contribution is -2.58. The van der Waals surface area contributed by atoms with Crippen LogP contribution in [0.25, 0.3) is 0 Å². The summed E-state index contributed by atoms with van der Waals surface area (Å²) in [5, 5.41) is 3.71. The van der Waals surface area contributed by atoms with Crippen LogP contribution in [0, 0.1) is 6.92 Å². The van der Waals surface area contributed by atoms with Crippen molar-refractivity contribution in [1.82, 2.24) is 10.0 Å². The molecule has 0 saturated carbocycles. The van der Waals surface area contributed by atoms with Gasteiger partial charge in [-0.25, -0.2) is 14.8 Å². The van der Waals surface area contributed by atoms with E-state index in [4.69, 9.17) is 4.74 Å². The molecule has 1 amide bonds. The molecule has 0 N–H and O–H groups in total. The molecule has 5 heteroatoms. The van der Waals surface area contributed by atoms with E-state index in [1.54, 1.807) is 5.01 Å². The standard InChI is InChI=1S/C19H28N2O3/c1-15-7-5-6-8-17(15)16-9-11-20(12-10-16)21(19(2,3)4)18(23)24-14-13-22/h5-8,13,16H,9-12,14H2,1-4H3. The van der Waals surface area contributed by atoms with Gasteiger partial charge in [0, 0.05) is 13.1 Å². The molecule has 5 nitrogen and oxygen atoms in total. The Bertz CT molecular complexity index is 572. The van der Waals surface area contributed by atoms with Crippen LogP contribution in [0.3, 0.4) is 0 Å². The van der Waals surface area contributed by atoms with E-state index < -0.39 is 11.6 Å². The number of hydrogen-bond acceptors (Lipinski definition) is 4. The summed E-state index contributed by atoms with van der Waals surface area (Å²) >= 11 is 0. The number of carbonyl (C=O) groups is 2. The van der Waals surface area contributed by atoms with Crippen LogP contribution in [-0.4, -0.2) is 47.6 Å². The Morgan fingerprint density at radius 2 is 1.92 bits per heavy atom. The van der Waals surface area contributed by atoms with Crippen molar-refractivity contribution in [2.24, 2.45) is 0 Å². The molecule has 0 radical (unpaired) electrons. The van der Waals surface area contributed by atoms with Gasteiger partial charge < -0.3 is 4.74 Å². The van der Waals surface area contributed by atoms with Crippen LogP contribution < -0.4 is 0 Å². The normalized spacial score (nSPS) is 16.7. The molecule has 0 spiro atoms. The Kier molecular flexibility index (Phi) is 5.99. The highest BCUT2D eigenvalue weighted by Crippen LogP contribution is 2.32. The van der Waals surface area contributed by atoms with Crippen molar-refractivity contribution in [3.05, 3.63) is 35.4 Å². The van der Waals surface area contributed by atoms with E-state index in [9.17, 15) is 9.59 Å². The van der Waals surface area contributed by atoms with E-state index in [0.717, 1.165) is 25.9 Å². The third-order valence-electron chi connectivity index (χ3n) is 4.47. The Hall–Kier alpha value is -1.88. The number of benzene rings is 1. The molecule has 24 heavy (non-hydrogen) atoms. The Morgan fingerprint density at radius 1 is 1.29 bits per heavy atom. The lowest BCUT2D eigenvalue weighted by atomic mass is 9.87. The second-order valence-electron chi connectivity index (χ2n) is 7.31. The highest BCUT2D eigenvalue weighted by Gasteiger charge is 2.35. The largest absolute Gasteiger partial charge is 0.441 e. The summed E-state index contributed by atoms with van der Waals surface area (Å²) in [5.74, 6) is 0.523. The van der Waals surface area contributed by atoms with Crippen molar-refractivity contribution in [2.75, 3.05) is 19.7 Å². The third-order valence-corrected chi connectivity index (χ3v) is 4.47. The van der Waals surface area contributed by atoms with Crippen LogP contribution in [0.15, 0.2) is 24.3 Å². The number of aryl methyl sites for hydroxylation is 1. The highest BCUT2D eigenvalue weighted by molar-refractivity contribution is 5.70. The van der Waals surface area contributed by atoms with E-state index in [2.05, 4.69) is 36.2 Å². The number of ether oxygens (including phenoxy) is 1. The summed E-state index contributed by atoms with van der Waals surface area (Å²) in [6, 6.07) is 8.51. The number of nitrogens with zero attached hydrogens (tertiary/aromatic N) is 2. The van der Waals surface area contributed by atoms with Gasteiger partial charge in [0.1, 0.15) is 6.61 Å². The average Bonchev–Trinajstić information content (AvgIpc) is 2.53. The summed E-state index contributed by atoms with van der Waals surface area (Å²) in [6.45, 7) is 9.47. The molecule has 1 aliphatic heterocycles. The first-order valence-electron chi connectivity index (χ1n) is 8.55. The van der Waals surface area contributed by atoms with Gasteiger partial charge in [-0.15, -0.1) is 0 Å². The minimum Gasteiger partial charge on any atom is -0.441 e. The zero-order valence-electron chi connectivity index (χ0n) is 15.1. The molecular formula is C19H28N2O3. The Balaban J connectivity index is 2.06. The Morgan fingerprint density at radius 3 is 2.46 bits per heavy atom. The maximum absolute atomic E-state index is 12.4. The quantitative estimate of drug-likeness (QED) is 0.792. The molecule has 0 aromatic heterocycles. The molecule has 1 fully saturated rings. The maximum Gasteiger partial charge on any atom is 0.425 e. The van der Waals surface area contributed by atoms with E-state index in [0.29, 0.717) is 12.2 Å². The van der Waals surface area contributed by atoms with Crippen molar-refractivity contribution >= 4 is 12.4 Å². The van der Waals surface area contributed by atoms with Gasteiger partial charge in [0.15, 0.2) is 6.29 Å². The van der Waals surface area contributed by atoms with Crippen molar-refractivity contribution in [2.45, 2.75) is 52.0 Å². The second-order valence-corrected chi connectivity index (χ2v) is 7.31. The predicted molar refractivity (Wildman–Crippen MR) is 93.7 cm³/mol. The first kappa shape index (κ1) is 18.5. The van der Waals surface area contributed by atoms with Gasteiger partial charge in [-0.05, 0) is 57.6 Å². The van der Waals surface area contributed by atoms with Gasteiger partial charge >= 0.3 is 6.09 Å². The van der Waals surface area contributed by atoms with Crippen LogP contribution >= 0.6 is 0 Å². The number of aldehydes is 1. The maximum atomic E-state index is 12.4. The first-order chi connectivity index (χ1) is 11.3. The number of rotatable bonds is 4. The fourth-order valence-corrected chi connectivity index (χ4v) is 3.40. The molecular weight excluding hydrogens is 304 g/mol. The molecule has 1 aromatic carbocycles. The van der Waals surface area contributed by atoms with Crippen molar-refractivity contribution in [3.8, 4) is 0 Å². The van der Waals surface area contributed by atoms with Crippen molar-refractivity contribution in [1.29, 1.82) is 0 Å². The van der Waals surface area contributed by atoms with Gasteiger partial charge in [0.05, 0.1) is 5.54 Å². The van der Waals surface area contributed by atoms with Crippen LogP contribution in [0.1, 0.15) is 50.7 Å². The lowest BCUT2D eigenvalue weighted by molar-refractivity contribution is -0.114. The van der Waals surface area contributed by atoms with Gasteiger partial charge in [-0.2, -0.15) is 0 Å². The molecule has 132 valence electrons. The van der Waals surface area contributed by atoms with Gasteiger partial charge in [0.2, 0.25) is 0 Å². The number of piperidine rings is 1. The van der Waals surface area contributed by atoms with Crippen molar-refractivity contribution in [3.63, 3.8) is 0 Å². The first-order valence-corrected chi connectivity index (χ1v) is 8.55. The van der Waals surface area contributed by atoms with Gasteiger partial charge in [-0.1, -0.05) is 24.3 Å². The number of hydrogen-bond donors (Lipinski definition) is 0. The molecule has 0 atom stereocenters. The average molecular weight is 332 g/mol. The predicted octanol–water partition coefficient (Wildman–Crippen LogP) is 3.53. The summed E-state index contributed by atoms with van der Waals surface area (Å²) in [5.41, 5.74) is 2.34. The zero-order valence-corrected chi connectivity index (χ0v) is 15.1. The minimum atomic E-state index is -0.455. The van der Waals surface area contributed by atoms with Crippen LogP contribution in [0.4, 0.5) is 4.79 Å². The summed E-state index contributed by atoms with van der Waals surface area (Å²) in [4.78, 5) is 22.8. The molecule has 1 aliphatic rings. The van der Waals surface area contributed by atoms with Crippen LogP contribution in [-0.2, 0) is 9.53 Å². The lowest BCUT2D eigenvalue weighted by Gasteiger charge is -2.45. The van der Waals surface area contributed by atoms with E-state index in [1.807, 2.05) is 20.8 Å². The van der Waals surface area contributed by atoms with Crippen LogP contribution in [0.2, 0.25) is 0 Å².